The minimum Gasteiger partial charge on any atom is -0.495 e. The molecule has 5 rings (SSSR count). The third-order valence-corrected chi connectivity index (χ3v) is 18.4. The zero-order chi connectivity index (χ0) is 67.5. The molecule has 1 aromatic rings. The molecule has 92 heavy (non-hydrogen) atoms. The zero-order valence-corrected chi connectivity index (χ0v) is 57.3. The first kappa shape index (κ1) is 77.2. The number of halogens is 1. The number of epoxide rings is 1. The van der Waals surface area contributed by atoms with Crippen LogP contribution >= 0.6 is 46.9 Å². The second-order valence-electron chi connectivity index (χ2n) is 22.6. The highest BCUT2D eigenvalue weighted by Gasteiger charge is 2.64. The quantitative estimate of drug-likeness (QED) is 0.0186. The van der Waals surface area contributed by atoms with E-state index in [1.807, 2.05) is 25.5 Å². The molecule has 0 radical (unpaired) electrons. The summed E-state index contributed by atoms with van der Waals surface area (Å²) >= 11 is 11.2. The Balaban J connectivity index is 0.997. The fraction of sp³-hybridized carbons (Fsp3) is 0.672. The number of amides is 7. The number of anilines is 1. The number of likely N-dealkylation sites (tertiary alicyclic amines) is 1. The number of nitrogens with zero attached hydrogens (tertiary/aromatic N) is 4. The molecule has 3 fully saturated rings. The number of imide groups is 1. The van der Waals surface area contributed by atoms with Gasteiger partial charge in [-0.2, -0.15) is 23.5 Å². The van der Waals surface area contributed by atoms with Crippen molar-refractivity contribution in [3.63, 3.8) is 0 Å². The number of rotatable bonds is 36. The van der Waals surface area contributed by atoms with Gasteiger partial charge in [-0.15, -0.1) is 11.8 Å². The highest BCUT2D eigenvalue weighted by atomic mass is 35.5. The van der Waals surface area contributed by atoms with Gasteiger partial charge in [-0.3, -0.25) is 43.8 Å². The number of likely N-dealkylation sites (N-methyl/N-ethyl adjacent to an activating group) is 1. The second-order valence-corrected chi connectivity index (χ2v) is 26.0. The average Bonchev–Trinajstić information content (AvgIpc) is 1.56. The van der Waals surface area contributed by atoms with Gasteiger partial charge in [-0.25, -0.2) is 9.59 Å². The van der Waals surface area contributed by atoms with Crippen LogP contribution in [-0.4, -0.2) is 258 Å². The van der Waals surface area contributed by atoms with Gasteiger partial charge < -0.3 is 73.0 Å². The number of thioether (sulfide) groups is 3. The summed E-state index contributed by atoms with van der Waals surface area (Å²) in [6, 6.07) is 2.33. The maximum atomic E-state index is 14.4. The summed E-state index contributed by atoms with van der Waals surface area (Å²) in [6.07, 6.45) is 4.63. The predicted molar refractivity (Wildman–Crippen MR) is 347 cm³/mol. The number of allylic oxidation sites excluding steroid dienone is 3. The molecule has 0 aliphatic carbocycles. The Hall–Kier alpha value is -5.54. The topological polar surface area (TPSA) is 328 Å². The number of nitrogens with one attached hydrogen (secondary N) is 3. The van der Waals surface area contributed by atoms with Crippen LogP contribution in [0.5, 0.6) is 5.75 Å². The molecule has 4 aliphatic heterocycles. The van der Waals surface area contributed by atoms with Gasteiger partial charge in [-0.05, 0) is 63.8 Å². The SMILES string of the molecule is COc1cc2cc(c1Cl)N(C)C(=O)C[C@H](OC(=O)[C@H](C)N(C)C(=O)CCSC1CC(=O)N(CCNC(=O)COCCOCCCC(=O)COCCOCCNC(=O)CON=C(CSC)CSC)C1=O)[C@]1(C)O[C@H]1C(C)[C@@H]1C[C@@](O)(NC(=O)O1)[C@H](OC)/C=C/C=C(\C)C2. The van der Waals surface area contributed by atoms with Crippen molar-refractivity contribution >= 4 is 112 Å². The number of alkyl carbamates (subject to hydrolysis) is 1. The monoisotopic (exact) mass is 1370 g/mol. The molecule has 27 nitrogen and oxygen atoms in total. The largest absolute Gasteiger partial charge is 0.495 e. The smallest absolute Gasteiger partial charge is 0.409 e. The maximum absolute atomic E-state index is 14.4. The minimum atomic E-state index is -1.90. The van der Waals surface area contributed by atoms with E-state index in [0.717, 1.165) is 45.0 Å². The number of hydrogen-bond donors (Lipinski definition) is 4. The van der Waals surface area contributed by atoms with E-state index in [4.69, 9.17) is 59.1 Å². The van der Waals surface area contributed by atoms with E-state index in [1.54, 1.807) is 61.7 Å². The summed E-state index contributed by atoms with van der Waals surface area (Å²) in [5, 5.41) is 23.1. The number of esters is 1. The van der Waals surface area contributed by atoms with Gasteiger partial charge in [0.2, 0.25) is 29.5 Å². The molecule has 31 heteroatoms. The Kier molecular flexibility index (Phi) is 32.5. The van der Waals surface area contributed by atoms with Crippen molar-refractivity contribution in [3.05, 3.63) is 46.5 Å². The number of carbonyl (C=O) groups excluding carboxylic acids is 9. The Morgan fingerprint density at radius 3 is 2.28 bits per heavy atom. The number of hydrogen-bond acceptors (Lipinski definition) is 24. The second kappa shape index (κ2) is 38.7. The van der Waals surface area contributed by atoms with Crippen molar-refractivity contribution in [2.75, 3.05) is 142 Å². The molecule has 4 N–H and O–H groups in total. The number of ketones is 1. The van der Waals surface area contributed by atoms with Crippen molar-refractivity contribution < 1.29 is 95.7 Å². The summed E-state index contributed by atoms with van der Waals surface area (Å²) in [7, 11) is 5.81. The van der Waals surface area contributed by atoms with Crippen molar-refractivity contribution in [2.45, 2.75) is 120 Å². The van der Waals surface area contributed by atoms with Crippen molar-refractivity contribution in [3.8, 4) is 5.75 Å². The Bertz CT molecular complexity index is 2790. The van der Waals surface area contributed by atoms with Gasteiger partial charge in [0.1, 0.15) is 53.9 Å². The number of ether oxygens (including phenoxy) is 9. The van der Waals surface area contributed by atoms with Gasteiger partial charge >= 0.3 is 12.1 Å². The fourth-order valence-electron chi connectivity index (χ4n) is 10.2. The van der Waals surface area contributed by atoms with E-state index < -0.39 is 101 Å². The molecule has 4 heterocycles. The number of oxime groups is 1. The molecule has 0 spiro atoms. The molecule has 7 amide bonds. The summed E-state index contributed by atoms with van der Waals surface area (Å²) in [5.41, 5.74) is -0.400. The standard InChI is InChI=1S/C61H90ClN7O20S3/c1-38-13-11-15-48(81-8)61(79)32-46(87-59(78)65-61)39(2)56-60(4,89-56)49(31-53(74)68(6)44-28-41(27-38)29-45(80-7)55(44)62)88-58(77)40(3)67(5)52(73)16-26-92-47-30-54(75)69(57(47)76)19-17-63-50(71)34-85-25-22-82-20-12-14-43(70)33-84-24-23-83-21-18-64-51(72)35-86-66-42(36-90-9)37-91-10/h11,13,15,28-29,39-40,46-49,56,79H,12,14,16-27,30-37H2,1-10H3,(H,63,71)(H,64,72)(H,65,78)/b15-11+,38-13+/t39?,40-,46-,47?,48+,49-,56-,60-,61-/m0/s1. The fourth-order valence-corrected chi connectivity index (χ4v) is 12.7. The Labute approximate surface area is 555 Å². The number of Topliss-reactive ketones (excluding diaryl/α,β-unsaturated/α-hetero) is 1. The summed E-state index contributed by atoms with van der Waals surface area (Å²) in [6.45, 7) is 7.77. The van der Waals surface area contributed by atoms with Crippen LogP contribution in [0, 0.1) is 5.92 Å². The molecule has 4 aliphatic rings. The normalized spacial score (nSPS) is 24.5. The van der Waals surface area contributed by atoms with Gasteiger partial charge in [0.25, 0.3) is 5.91 Å². The molecule has 2 unspecified atom stereocenters. The van der Waals surface area contributed by atoms with Crippen LogP contribution in [0.2, 0.25) is 5.02 Å². The highest BCUT2D eigenvalue weighted by Crippen LogP contribution is 2.49. The Morgan fingerprint density at radius 1 is 0.913 bits per heavy atom. The molecule has 9 atom stereocenters. The lowest BCUT2D eigenvalue weighted by Gasteiger charge is -2.42. The van der Waals surface area contributed by atoms with Crippen LogP contribution in [-0.2, 0) is 87.5 Å². The lowest BCUT2D eigenvalue weighted by atomic mass is 9.83. The van der Waals surface area contributed by atoms with E-state index in [9.17, 15) is 48.3 Å². The lowest BCUT2D eigenvalue weighted by Crippen LogP contribution is -2.63. The first-order chi connectivity index (χ1) is 43.9. The van der Waals surface area contributed by atoms with Crippen molar-refractivity contribution in [2.24, 2.45) is 11.1 Å². The van der Waals surface area contributed by atoms with E-state index in [2.05, 4.69) is 21.1 Å². The van der Waals surface area contributed by atoms with Gasteiger partial charge in [0.15, 0.2) is 18.1 Å². The summed E-state index contributed by atoms with van der Waals surface area (Å²) in [5.74, 6) is -2.31. The number of fused-ring (bicyclic) bond motifs is 5. The van der Waals surface area contributed by atoms with Gasteiger partial charge in [0.05, 0.1) is 69.3 Å². The van der Waals surface area contributed by atoms with Crippen LogP contribution in [0.15, 0.2) is 41.1 Å². The molecule has 0 saturated carbocycles. The highest BCUT2D eigenvalue weighted by molar-refractivity contribution is 8.01. The molecule has 3 saturated heterocycles. The molecular weight excluding hydrogens is 1280 g/mol. The third-order valence-electron chi connectivity index (χ3n) is 15.6. The summed E-state index contributed by atoms with van der Waals surface area (Å²) in [4.78, 5) is 127. The number of benzene rings is 1. The Morgan fingerprint density at radius 2 is 1.59 bits per heavy atom. The first-order valence-corrected chi connectivity index (χ1v) is 34.4. The third kappa shape index (κ3) is 23.7. The van der Waals surface area contributed by atoms with E-state index in [-0.39, 0.29) is 121 Å². The van der Waals surface area contributed by atoms with Gasteiger partial charge in [0, 0.05) is 96.3 Å². The number of aliphatic hydroxyl groups is 1. The average molecular weight is 1370 g/mol. The molecule has 4 bridgehead atoms. The van der Waals surface area contributed by atoms with Crippen molar-refractivity contribution in [1.82, 2.24) is 25.8 Å². The zero-order valence-electron chi connectivity index (χ0n) is 54.1. The minimum absolute atomic E-state index is 0.0164. The molecule has 0 aromatic heterocycles. The lowest BCUT2D eigenvalue weighted by molar-refractivity contribution is -0.162. The molecule has 514 valence electrons. The maximum Gasteiger partial charge on any atom is 0.409 e. The first-order valence-electron chi connectivity index (χ1n) is 30.2. The molecule has 1 aromatic carbocycles. The van der Waals surface area contributed by atoms with E-state index in [0.29, 0.717) is 30.9 Å². The number of methoxy groups -OCH3 is 2. The number of carbonyl (C=O) groups is 9. The van der Waals surface area contributed by atoms with E-state index >= 15 is 0 Å². The summed E-state index contributed by atoms with van der Waals surface area (Å²) < 4.78 is 51.1. The van der Waals surface area contributed by atoms with Crippen molar-refractivity contribution in [1.29, 1.82) is 0 Å². The predicted octanol–water partition coefficient (Wildman–Crippen LogP) is 3.51. The van der Waals surface area contributed by atoms with Gasteiger partial charge in [-0.1, -0.05) is 47.5 Å². The van der Waals surface area contributed by atoms with Crippen LogP contribution in [0.1, 0.15) is 71.8 Å². The van der Waals surface area contributed by atoms with E-state index in [1.165, 1.54) is 45.0 Å². The van der Waals surface area contributed by atoms with Crippen LogP contribution < -0.4 is 25.6 Å². The van der Waals surface area contributed by atoms with Crippen LogP contribution in [0.4, 0.5) is 10.5 Å². The van der Waals surface area contributed by atoms with Crippen LogP contribution in [0.25, 0.3) is 0 Å². The van der Waals surface area contributed by atoms with Crippen LogP contribution in [0.3, 0.4) is 0 Å². The molecular formula is C61H90ClN7O20S3.